The Labute approximate surface area is 173 Å². The fraction of sp³-hybridized carbons (Fsp3) is 0.0909. The molecule has 0 radical (unpaired) electrons. The summed E-state index contributed by atoms with van der Waals surface area (Å²) in [6.45, 7) is 0. The van der Waals surface area contributed by atoms with E-state index in [9.17, 15) is 9.90 Å². The van der Waals surface area contributed by atoms with Crippen LogP contribution in [0.1, 0.15) is 5.56 Å². The number of carbonyl (C=O) groups excluding carboxylic acids is 1. The zero-order valence-corrected chi connectivity index (χ0v) is 16.3. The Morgan fingerprint density at radius 2 is 1.90 bits per heavy atom. The number of rotatable bonds is 6. The molecule has 30 heavy (non-hydrogen) atoms. The molecule has 8 nitrogen and oxygen atoms in total. The lowest BCUT2D eigenvalue weighted by Gasteiger charge is -2.10. The SMILES string of the molecule is Cn1nccc1Nc1nccc(-c2ccc(NC(=O)Cc3ccccc3)c(O)c2)n1. The molecule has 0 unspecified atom stereocenters. The molecule has 8 heteroatoms. The number of aromatic nitrogens is 4. The molecule has 0 saturated heterocycles. The van der Waals surface area contributed by atoms with Gasteiger partial charge in [0.2, 0.25) is 11.9 Å². The summed E-state index contributed by atoms with van der Waals surface area (Å²) >= 11 is 0. The summed E-state index contributed by atoms with van der Waals surface area (Å²) in [6, 6.07) is 18.0. The van der Waals surface area contributed by atoms with Gasteiger partial charge >= 0.3 is 0 Å². The fourth-order valence-corrected chi connectivity index (χ4v) is 2.96. The van der Waals surface area contributed by atoms with Crippen molar-refractivity contribution in [3.63, 3.8) is 0 Å². The van der Waals surface area contributed by atoms with Gasteiger partial charge in [-0.1, -0.05) is 36.4 Å². The van der Waals surface area contributed by atoms with Crippen molar-refractivity contribution in [2.75, 3.05) is 10.6 Å². The molecule has 0 aliphatic heterocycles. The van der Waals surface area contributed by atoms with Crippen LogP contribution in [0.5, 0.6) is 5.75 Å². The molecule has 2 heterocycles. The zero-order chi connectivity index (χ0) is 20.9. The van der Waals surface area contributed by atoms with Gasteiger partial charge in [0.05, 0.1) is 24.0 Å². The number of hydrogen-bond donors (Lipinski definition) is 3. The molecule has 1 amide bonds. The molecule has 4 rings (SSSR count). The van der Waals surface area contributed by atoms with Crippen molar-refractivity contribution in [2.45, 2.75) is 6.42 Å². The molecule has 4 aromatic rings. The molecule has 0 aliphatic carbocycles. The number of nitrogens with zero attached hydrogens (tertiary/aromatic N) is 4. The Kier molecular flexibility index (Phi) is 5.38. The Bertz CT molecular complexity index is 1170. The van der Waals surface area contributed by atoms with Crippen LogP contribution in [0.4, 0.5) is 17.5 Å². The molecule has 0 atom stereocenters. The normalized spacial score (nSPS) is 10.6. The first-order chi connectivity index (χ1) is 14.6. The Balaban J connectivity index is 1.48. The van der Waals surface area contributed by atoms with Crippen LogP contribution in [-0.4, -0.2) is 30.8 Å². The van der Waals surface area contributed by atoms with Crippen LogP contribution in [0.2, 0.25) is 0 Å². The second-order valence-corrected chi connectivity index (χ2v) is 6.67. The number of anilines is 3. The molecule has 0 bridgehead atoms. The highest BCUT2D eigenvalue weighted by Crippen LogP contribution is 2.29. The van der Waals surface area contributed by atoms with Gasteiger partial charge in [0, 0.05) is 24.9 Å². The van der Waals surface area contributed by atoms with Gasteiger partial charge < -0.3 is 15.7 Å². The smallest absolute Gasteiger partial charge is 0.228 e. The standard InChI is InChI=1S/C22H20N6O2/c1-28-20(10-12-24-28)27-22-23-11-9-17(26-22)16-7-8-18(19(29)14-16)25-21(30)13-15-5-3-2-4-6-15/h2-12,14,29H,13H2,1H3,(H,25,30)(H,23,26,27). The zero-order valence-electron chi connectivity index (χ0n) is 16.3. The average molecular weight is 400 g/mol. The second-order valence-electron chi connectivity index (χ2n) is 6.67. The predicted molar refractivity (Wildman–Crippen MR) is 114 cm³/mol. The Morgan fingerprint density at radius 1 is 1.07 bits per heavy atom. The van der Waals surface area contributed by atoms with Crippen LogP contribution >= 0.6 is 0 Å². The van der Waals surface area contributed by atoms with Gasteiger partial charge in [0.25, 0.3) is 0 Å². The van der Waals surface area contributed by atoms with E-state index in [4.69, 9.17) is 0 Å². The first-order valence-corrected chi connectivity index (χ1v) is 9.34. The minimum Gasteiger partial charge on any atom is -0.506 e. The summed E-state index contributed by atoms with van der Waals surface area (Å²) in [4.78, 5) is 21.0. The number of hydrogen-bond acceptors (Lipinski definition) is 6. The number of carbonyl (C=O) groups is 1. The van der Waals surface area contributed by atoms with Crippen molar-refractivity contribution < 1.29 is 9.90 Å². The number of amides is 1. The first kappa shape index (κ1) is 19.1. The molecule has 2 aromatic heterocycles. The lowest BCUT2D eigenvalue weighted by molar-refractivity contribution is -0.115. The van der Waals surface area contributed by atoms with Gasteiger partial charge in [-0.05, 0) is 23.8 Å². The van der Waals surface area contributed by atoms with E-state index in [1.165, 1.54) is 0 Å². The molecule has 0 fully saturated rings. The predicted octanol–water partition coefficient (Wildman–Crippen LogP) is 3.51. The molecule has 2 aromatic carbocycles. The van der Waals surface area contributed by atoms with Gasteiger partial charge in [0.1, 0.15) is 11.6 Å². The van der Waals surface area contributed by atoms with Gasteiger partial charge in [0.15, 0.2) is 0 Å². The third-order valence-electron chi connectivity index (χ3n) is 4.49. The lowest BCUT2D eigenvalue weighted by atomic mass is 10.1. The second kappa shape index (κ2) is 8.44. The summed E-state index contributed by atoms with van der Waals surface area (Å²) in [5.41, 5.74) is 2.58. The highest BCUT2D eigenvalue weighted by Gasteiger charge is 2.10. The van der Waals surface area contributed by atoms with Gasteiger partial charge in [-0.15, -0.1) is 0 Å². The monoisotopic (exact) mass is 400 g/mol. The number of phenols is 1. The van der Waals surface area contributed by atoms with Crippen molar-refractivity contribution >= 4 is 23.4 Å². The van der Waals surface area contributed by atoms with E-state index in [1.54, 1.807) is 41.3 Å². The van der Waals surface area contributed by atoms with Crippen molar-refractivity contribution in [1.82, 2.24) is 19.7 Å². The molecule has 3 N–H and O–H groups in total. The maximum Gasteiger partial charge on any atom is 0.228 e. The summed E-state index contributed by atoms with van der Waals surface area (Å²) < 4.78 is 1.68. The average Bonchev–Trinajstić information content (AvgIpc) is 3.15. The van der Waals surface area contributed by atoms with Crippen LogP contribution in [0.3, 0.4) is 0 Å². The molecule has 0 saturated carbocycles. The summed E-state index contributed by atoms with van der Waals surface area (Å²) in [7, 11) is 1.81. The maximum absolute atomic E-state index is 12.3. The number of aromatic hydroxyl groups is 1. The van der Waals surface area contributed by atoms with E-state index in [0.29, 0.717) is 22.9 Å². The number of phenolic OH excluding ortho intramolecular Hbond substituents is 1. The largest absolute Gasteiger partial charge is 0.506 e. The van der Waals surface area contributed by atoms with E-state index in [-0.39, 0.29) is 18.1 Å². The van der Waals surface area contributed by atoms with E-state index >= 15 is 0 Å². The summed E-state index contributed by atoms with van der Waals surface area (Å²) in [6.07, 6.45) is 3.54. The van der Waals surface area contributed by atoms with Crippen molar-refractivity contribution in [3.8, 4) is 17.0 Å². The fourth-order valence-electron chi connectivity index (χ4n) is 2.96. The van der Waals surface area contributed by atoms with Crippen LogP contribution in [0.25, 0.3) is 11.3 Å². The van der Waals surface area contributed by atoms with E-state index in [2.05, 4.69) is 25.7 Å². The van der Waals surface area contributed by atoms with Gasteiger partial charge in [-0.25, -0.2) is 9.97 Å². The van der Waals surface area contributed by atoms with Gasteiger partial charge in [-0.2, -0.15) is 5.10 Å². The van der Waals surface area contributed by atoms with Gasteiger partial charge in [-0.3, -0.25) is 9.48 Å². The van der Waals surface area contributed by atoms with Crippen LogP contribution in [0, 0.1) is 0 Å². The Hall–Kier alpha value is -4.20. The van der Waals surface area contributed by atoms with Crippen molar-refractivity contribution in [1.29, 1.82) is 0 Å². The quantitative estimate of drug-likeness (QED) is 0.428. The van der Waals surface area contributed by atoms with Crippen molar-refractivity contribution in [3.05, 3.63) is 78.6 Å². The molecule has 0 aliphatic rings. The van der Waals surface area contributed by atoms with Crippen LogP contribution < -0.4 is 10.6 Å². The minimum absolute atomic E-state index is 0.0336. The van der Waals surface area contributed by atoms with E-state index in [0.717, 1.165) is 11.4 Å². The third-order valence-corrected chi connectivity index (χ3v) is 4.49. The Morgan fingerprint density at radius 3 is 2.63 bits per heavy atom. The number of benzene rings is 2. The summed E-state index contributed by atoms with van der Waals surface area (Å²) in [5.74, 6) is 0.935. The van der Waals surface area contributed by atoms with Crippen LogP contribution in [0.15, 0.2) is 73.1 Å². The summed E-state index contributed by atoms with van der Waals surface area (Å²) in [5, 5.41) is 20.3. The maximum atomic E-state index is 12.3. The van der Waals surface area contributed by atoms with E-state index in [1.807, 2.05) is 43.4 Å². The number of nitrogens with one attached hydrogen (secondary N) is 2. The lowest BCUT2D eigenvalue weighted by Crippen LogP contribution is -2.14. The van der Waals surface area contributed by atoms with Crippen LogP contribution in [-0.2, 0) is 18.3 Å². The topological polar surface area (TPSA) is 105 Å². The third kappa shape index (κ3) is 4.44. The first-order valence-electron chi connectivity index (χ1n) is 9.34. The number of aryl methyl sites for hydroxylation is 1. The molecule has 150 valence electrons. The van der Waals surface area contributed by atoms with E-state index < -0.39 is 0 Å². The highest BCUT2D eigenvalue weighted by atomic mass is 16.3. The molecule has 0 spiro atoms. The highest BCUT2D eigenvalue weighted by molar-refractivity contribution is 5.94. The molecular weight excluding hydrogens is 380 g/mol. The molecular formula is C22H20N6O2. The van der Waals surface area contributed by atoms with Crippen molar-refractivity contribution in [2.24, 2.45) is 7.05 Å². The minimum atomic E-state index is -0.200.